The topological polar surface area (TPSA) is 47.3 Å². The molecule has 3 nitrogen and oxygen atoms in total. The van der Waals surface area contributed by atoms with Crippen molar-refractivity contribution in [1.82, 2.24) is 0 Å². The lowest BCUT2D eigenvalue weighted by atomic mass is 10.1. The van der Waals surface area contributed by atoms with Crippen LogP contribution in [0.5, 0.6) is 5.75 Å². The minimum absolute atomic E-state index is 0.0835. The molecule has 3 N–H and O–H groups in total. The predicted octanol–water partition coefficient (Wildman–Crippen LogP) is 3.57. The number of nitrogens with two attached hydrogens (primary N) is 1. The maximum atomic E-state index is 5.86. The predicted molar refractivity (Wildman–Crippen MR) is 82.6 cm³/mol. The van der Waals surface area contributed by atoms with Gasteiger partial charge < -0.3 is 15.8 Å². The molecular weight excluding hydrogens is 304 g/mol. The number of methoxy groups -OCH3 is 1. The summed E-state index contributed by atoms with van der Waals surface area (Å²) in [5, 5.41) is 3.42. The first kappa shape index (κ1) is 13.9. The van der Waals surface area contributed by atoms with Gasteiger partial charge in [0.15, 0.2) is 0 Å². The van der Waals surface area contributed by atoms with E-state index < -0.39 is 0 Å². The van der Waals surface area contributed by atoms with Crippen molar-refractivity contribution in [2.45, 2.75) is 6.04 Å². The molecule has 0 aromatic heterocycles. The van der Waals surface area contributed by atoms with E-state index in [2.05, 4.69) is 33.4 Å². The molecule has 2 aromatic carbocycles. The van der Waals surface area contributed by atoms with Gasteiger partial charge in [0, 0.05) is 22.8 Å². The van der Waals surface area contributed by atoms with Crippen LogP contribution in [0.2, 0.25) is 0 Å². The van der Waals surface area contributed by atoms with E-state index in [0.717, 1.165) is 21.5 Å². The number of anilines is 1. The van der Waals surface area contributed by atoms with Crippen molar-refractivity contribution in [3.8, 4) is 5.75 Å². The second kappa shape index (κ2) is 6.59. The van der Waals surface area contributed by atoms with Crippen LogP contribution in [0.1, 0.15) is 11.6 Å². The maximum Gasteiger partial charge on any atom is 0.120 e. The van der Waals surface area contributed by atoms with E-state index in [0.29, 0.717) is 6.54 Å². The Bertz CT molecular complexity index is 528. The minimum Gasteiger partial charge on any atom is -0.497 e. The summed E-state index contributed by atoms with van der Waals surface area (Å²) in [6.45, 7) is 0.527. The van der Waals surface area contributed by atoms with Crippen LogP contribution in [0.3, 0.4) is 0 Å². The Morgan fingerprint density at radius 3 is 2.58 bits per heavy atom. The monoisotopic (exact) mass is 320 g/mol. The molecule has 0 heterocycles. The van der Waals surface area contributed by atoms with Gasteiger partial charge in [-0.2, -0.15) is 0 Å². The lowest BCUT2D eigenvalue weighted by molar-refractivity contribution is 0.415. The molecule has 0 spiro atoms. The summed E-state index contributed by atoms with van der Waals surface area (Å²) in [5.41, 5.74) is 8.01. The van der Waals surface area contributed by atoms with Crippen molar-refractivity contribution in [3.63, 3.8) is 0 Å². The molecule has 0 amide bonds. The zero-order chi connectivity index (χ0) is 13.7. The third kappa shape index (κ3) is 3.72. The SMILES string of the molecule is COc1cccc(NC(CN)c2ccc(Br)cc2)c1. The molecule has 2 rings (SSSR count). The number of halogens is 1. The quantitative estimate of drug-likeness (QED) is 0.885. The Labute approximate surface area is 121 Å². The van der Waals surface area contributed by atoms with Crippen LogP contribution in [-0.2, 0) is 0 Å². The summed E-state index contributed by atoms with van der Waals surface area (Å²) in [7, 11) is 1.66. The first-order valence-corrected chi connectivity index (χ1v) is 6.88. The molecule has 0 aliphatic carbocycles. The molecule has 4 heteroatoms. The summed E-state index contributed by atoms with van der Waals surface area (Å²) in [6.07, 6.45) is 0. The lowest BCUT2D eigenvalue weighted by Crippen LogP contribution is -2.20. The molecule has 0 aliphatic heterocycles. The Balaban J connectivity index is 2.16. The number of nitrogens with one attached hydrogen (secondary N) is 1. The second-order valence-electron chi connectivity index (χ2n) is 4.22. The molecule has 0 aliphatic rings. The van der Waals surface area contributed by atoms with E-state index in [1.54, 1.807) is 7.11 Å². The number of hydrogen-bond acceptors (Lipinski definition) is 3. The highest BCUT2D eigenvalue weighted by Crippen LogP contribution is 2.23. The fraction of sp³-hybridized carbons (Fsp3) is 0.200. The van der Waals surface area contributed by atoms with E-state index in [1.165, 1.54) is 0 Å². The number of rotatable bonds is 5. The van der Waals surface area contributed by atoms with Crippen molar-refractivity contribution in [2.75, 3.05) is 19.0 Å². The van der Waals surface area contributed by atoms with E-state index in [1.807, 2.05) is 36.4 Å². The van der Waals surface area contributed by atoms with Crippen LogP contribution in [0.15, 0.2) is 53.0 Å². The Kier molecular flexibility index (Phi) is 4.82. The molecule has 2 aromatic rings. The smallest absolute Gasteiger partial charge is 0.120 e. The first-order valence-electron chi connectivity index (χ1n) is 6.09. The molecule has 0 saturated carbocycles. The average molecular weight is 321 g/mol. The molecule has 0 radical (unpaired) electrons. The van der Waals surface area contributed by atoms with Gasteiger partial charge in [-0.15, -0.1) is 0 Å². The van der Waals surface area contributed by atoms with Crippen molar-refractivity contribution in [1.29, 1.82) is 0 Å². The highest BCUT2D eigenvalue weighted by molar-refractivity contribution is 9.10. The highest BCUT2D eigenvalue weighted by atomic mass is 79.9. The highest BCUT2D eigenvalue weighted by Gasteiger charge is 2.09. The van der Waals surface area contributed by atoms with Crippen LogP contribution < -0.4 is 15.8 Å². The third-order valence-electron chi connectivity index (χ3n) is 2.92. The average Bonchev–Trinajstić information content (AvgIpc) is 2.46. The van der Waals surface area contributed by atoms with Gasteiger partial charge in [-0.25, -0.2) is 0 Å². The number of ether oxygens (including phenoxy) is 1. The Morgan fingerprint density at radius 1 is 1.21 bits per heavy atom. The summed E-state index contributed by atoms with van der Waals surface area (Å²) >= 11 is 3.43. The normalized spacial score (nSPS) is 11.9. The van der Waals surface area contributed by atoms with Crippen molar-refractivity contribution in [3.05, 3.63) is 58.6 Å². The number of benzene rings is 2. The van der Waals surface area contributed by atoms with Crippen LogP contribution in [0, 0.1) is 0 Å². The summed E-state index contributed by atoms with van der Waals surface area (Å²) in [5.74, 6) is 0.830. The van der Waals surface area contributed by atoms with Gasteiger partial charge >= 0.3 is 0 Å². The fourth-order valence-electron chi connectivity index (χ4n) is 1.89. The van der Waals surface area contributed by atoms with Crippen LogP contribution in [-0.4, -0.2) is 13.7 Å². The molecule has 0 fully saturated rings. The molecule has 1 atom stereocenters. The fourth-order valence-corrected chi connectivity index (χ4v) is 2.15. The van der Waals surface area contributed by atoms with E-state index in [4.69, 9.17) is 10.5 Å². The largest absolute Gasteiger partial charge is 0.497 e. The van der Waals surface area contributed by atoms with Gasteiger partial charge in [0.2, 0.25) is 0 Å². The van der Waals surface area contributed by atoms with Crippen LogP contribution in [0.4, 0.5) is 5.69 Å². The maximum absolute atomic E-state index is 5.86. The molecule has 0 saturated heterocycles. The molecule has 100 valence electrons. The molecular formula is C15H17BrN2O. The minimum atomic E-state index is 0.0835. The van der Waals surface area contributed by atoms with Crippen LogP contribution in [0.25, 0.3) is 0 Å². The lowest BCUT2D eigenvalue weighted by Gasteiger charge is -2.19. The van der Waals surface area contributed by atoms with Gasteiger partial charge in [-0.3, -0.25) is 0 Å². The standard InChI is InChI=1S/C15H17BrN2O/c1-19-14-4-2-3-13(9-14)18-15(10-17)11-5-7-12(16)8-6-11/h2-9,15,18H,10,17H2,1H3. The molecule has 1 unspecified atom stereocenters. The van der Waals surface area contributed by atoms with Crippen molar-refractivity contribution >= 4 is 21.6 Å². The van der Waals surface area contributed by atoms with Gasteiger partial charge in [-0.1, -0.05) is 34.1 Å². The second-order valence-corrected chi connectivity index (χ2v) is 5.13. The van der Waals surface area contributed by atoms with Gasteiger partial charge in [0.1, 0.15) is 5.75 Å². The van der Waals surface area contributed by atoms with E-state index >= 15 is 0 Å². The van der Waals surface area contributed by atoms with Gasteiger partial charge in [0.05, 0.1) is 13.2 Å². The first-order chi connectivity index (χ1) is 9.22. The van der Waals surface area contributed by atoms with E-state index in [9.17, 15) is 0 Å². The van der Waals surface area contributed by atoms with Gasteiger partial charge in [0.25, 0.3) is 0 Å². The summed E-state index contributed by atoms with van der Waals surface area (Å²) in [4.78, 5) is 0. The zero-order valence-corrected chi connectivity index (χ0v) is 12.4. The number of hydrogen-bond donors (Lipinski definition) is 2. The van der Waals surface area contributed by atoms with E-state index in [-0.39, 0.29) is 6.04 Å². The molecule has 19 heavy (non-hydrogen) atoms. The van der Waals surface area contributed by atoms with Crippen molar-refractivity contribution in [2.24, 2.45) is 5.73 Å². The third-order valence-corrected chi connectivity index (χ3v) is 3.45. The Hall–Kier alpha value is -1.52. The van der Waals surface area contributed by atoms with Crippen molar-refractivity contribution < 1.29 is 4.74 Å². The van der Waals surface area contributed by atoms with Crippen LogP contribution >= 0.6 is 15.9 Å². The summed E-state index contributed by atoms with van der Waals surface area (Å²) in [6, 6.07) is 16.1. The molecule has 0 bridgehead atoms. The van der Waals surface area contributed by atoms with Gasteiger partial charge in [-0.05, 0) is 29.8 Å². The summed E-state index contributed by atoms with van der Waals surface area (Å²) < 4.78 is 6.28. The zero-order valence-electron chi connectivity index (χ0n) is 10.8. The Morgan fingerprint density at radius 2 is 1.95 bits per heavy atom.